The number of hydrogen-bond acceptors (Lipinski definition) is 4. The molecule has 0 heterocycles. The van der Waals surface area contributed by atoms with Gasteiger partial charge < -0.3 is 16.2 Å². The van der Waals surface area contributed by atoms with E-state index in [1.54, 1.807) is 12.1 Å². The lowest BCUT2D eigenvalue weighted by Crippen LogP contribution is -2.35. The van der Waals surface area contributed by atoms with Gasteiger partial charge in [-0.1, -0.05) is 19.3 Å². The van der Waals surface area contributed by atoms with E-state index in [9.17, 15) is 4.79 Å². The fourth-order valence-corrected chi connectivity index (χ4v) is 3.68. The van der Waals surface area contributed by atoms with E-state index in [0.717, 1.165) is 12.2 Å². The third-order valence-electron chi connectivity index (χ3n) is 4.10. The number of carboxylic acids is 1. The zero-order chi connectivity index (χ0) is 14.6. The number of nitrogens with two attached hydrogens (primary N) is 1. The molecule has 0 saturated heterocycles. The zero-order valence-corrected chi connectivity index (χ0v) is 12.6. The summed E-state index contributed by atoms with van der Waals surface area (Å²) < 4.78 is 0.288. The third kappa shape index (κ3) is 3.39. The highest BCUT2D eigenvalue weighted by Crippen LogP contribution is 2.39. The lowest BCUT2D eigenvalue weighted by atomic mass is 9.88. The summed E-state index contributed by atoms with van der Waals surface area (Å²) in [5.74, 6) is -0.948. The first-order valence-corrected chi connectivity index (χ1v) is 8.21. The molecule has 0 spiro atoms. The molecule has 0 atom stereocenters. The molecule has 1 fully saturated rings. The van der Waals surface area contributed by atoms with Gasteiger partial charge in [0.25, 0.3) is 0 Å². The van der Waals surface area contributed by atoms with Crippen molar-refractivity contribution in [2.45, 2.75) is 36.9 Å². The molecule has 110 valence electrons. The van der Waals surface area contributed by atoms with Gasteiger partial charge in [-0.2, -0.15) is 11.8 Å². The smallest absolute Gasteiger partial charge is 0.335 e. The molecule has 0 unspecified atom stereocenters. The van der Waals surface area contributed by atoms with Crippen LogP contribution in [0.2, 0.25) is 0 Å². The molecule has 1 saturated carbocycles. The van der Waals surface area contributed by atoms with E-state index < -0.39 is 5.97 Å². The average molecular weight is 294 g/mol. The van der Waals surface area contributed by atoms with Crippen molar-refractivity contribution in [1.82, 2.24) is 0 Å². The summed E-state index contributed by atoms with van der Waals surface area (Å²) in [6, 6.07) is 4.86. The highest BCUT2D eigenvalue weighted by Gasteiger charge is 2.30. The molecule has 1 aromatic rings. The van der Waals surface area contributed by atoms with Crippen LogP contribution >= 0.6 is 11.8 Å². The van der Waals surface area contributed by atoms with E-state index in [1.807, 2.05) is 11.8 Å². The number of nitrogens with one attached hydrogen (secondary N) is 1. The third-order valence-corrected chi connectivity index (χ3v) is 5.52. The standard InChI is InChI=1S/C15H22N2O2S/c1-20-15(7-3-2-4-8-15)10-17-13-6-5-11(14(18)19)9-12(13)16/h5-6,9,17H,2-4,7-8,10,16H2,1H3,(H,18,19). The van der Waals surface area contributed by atoms with Crippen molar-refractivity contribution in [1.29, 1.82) is 0 Å². The predicted octanol–water partition coefficient (Wildman–Crippen LogP) is 3.44. The normalized spacial score (nSPS) is 17.6. The number of thioether (sulfide) groups is 1. The first kappa shape index (κ1) is 15.0. The van der Waals surface area contributed by atoms with Crippen LogP contribution in [-0.2, 0) is 0 Å². The lowest BCUT2D eigenvalue weighted by molar-refractivity contribution is 0.0697. The number of aromatic carboxylic acids is 1. The van der Waals surface area contributed by atoms with Gasteiger partial charge in [-0.3, -0.25) is 0 Å². The Morgan fingerprint density at radius 3 is 2.65 bits per heavy atom. The van der Waals surface area contributed by atoms with E-state index in [1.165, 1.54) is 38.2 Å². The van der Waals surface area contributed by atoms with Gasteiger partial charge in [-0.25, -0.2) is 4.79 Å². The average Bonchev–Trinajstić information content (AvgIpc) is 2.47. The first-order valence-electron chi connectivity index (χ1n) is 6.98. The van der Waals surface area contributed by atoms with Crippen LogP contribution in [0.1, 0.15) is 42.5 Å². The molecular weight excluding hydrogens is 272 g/mol. The van der Waals surface area contributed by atoms with Gasteiger partial charge in [0.15, 0.2) is 0 Å². The van der Waals surface area contributed by atoms with E-state index in [4.69, 9.17) is 10.8 Å². The van der Waals surface area contributed by atoms with Gasteiger partial charge in [-0.05, 0) is 37.3 Å². The molecule has 4 N–H and O–H groups in total. The summed E-state index contributed by atoms with van der Waals surface area (Å²) in [5, 5.41) is 12.3. The molecule has 20 heavy (non-hydrogen) atoms. The SMILES string of the molecule is CSC1(CNc2ccc(C(=O)O)cc2N)CCCCC1. The first-order chi connectivity index (χ1) is 9.56. The van der Waals surface area contributed by atoms with Crippen molar-refractivity contribution in [3.8, 4) is 0 Å². The van der Waals surface area contributed by atoms with Gasteiger partial charge in [0.1, 0.15) is 0 Å². The van der Waals surface area contributed by atoms with Crippen LogP contribution in [0.25, 0.3) is 0 Å². The molecule has 2 rings (SSSR count). The topological polar surface area (TPSA) is 75.3 Å². The molecule has 0 aliphatic heterocycles. The maximum absolute atomic E-state index is 10.9. The number of nitrogen functional groups attached to an aromatic ring is 1. The van der Waals surface area contributed by atoms with Gasteiger partial charge in [-0.15, -0.1) is 0 Å². The minimum atomic E-state index is -0.948. The summed E-state index contributed by atoms with van der Waals surface area (Å²) in [7, 11) is 0. The van der Waals surface area contributed by atoms with E-state index in [-0.39, 0.29) is 10.3 Å². The Bertz CT molecular complexity index is 485. The van der Waals surface area contributed by atoms with E-state index in [2.05, 4.69) is 11.6 Å². The van der Waals surface area contributed by atoms with E-state index in [0.29, 0.717) is 5.69 Å². The number of hydrogen-bond donors (Lipinski definition) is 3. The Hall–Kier alpha value is -1.36. The van der Waals surface area contributed by atoms with Crippen LogP contribution in [0.4, 0.5) is 11.4 Å². The quantitative estimate of drug-likeness (QED) is 0.725. The molecule has 0 radical (unpaired) electrons. The van der Waals surface area contributed by atoms with Gasteiger partial charge in [0, 0.05) is 11.3 Å². The van der Waals surface area contributed by atoms with Crippen LogP contribution in [-0.4, -0.2) is 28.6 Å². The van der Waals surface area contributed by atoms with Crippen LogP contribution in [0.5, 0.6) is 0 Å². The number of carboxylic acid groups (broad SMARTS) is 1. The minimum absolute atomic E-state index is 0.227. The zero-order valence-electron chi connectivity index (χ0n) is 11.8. The second-order valence-corrected chi connectivity index (χ2v) is 6.68. The molecular formula is C15H22N2O2S. The molecule has 0 bridgehead atoms. The monoisotopic (exact) mass is 294 g/mol. The molecule has 4 nitrogen and oxygen atoms in total. The van der Waals surface area contributed by atoms with Crippen molar-refractivity contribution in [2.75, 3.05) is 23.9 Å². The highest BCUT2D eigenvalue weighted by atomic mass is 32.2. The summed E-state index contributed by atoms with van der Waals surface area (Å²) in [6.45, 7) is 0.880. The summed E-state index contributed by atoms with van der Waals surface area (Å²) in [5.41, 5.74) is 7.48. The largest absolute Gasteiger partial charge is 0.478 e. The predicted molar refractivity (Wildman–Crippen MR) is 85.6 cm³/mol. The van der Waals surface area contributed by atoms with Crippen molar-refractivity contribution >= 4 is 29.1 Å². The number of carbonyl (C=O) groups is 1. The molecule has 0 aromatic heterocycles. The number of rotatable bonds is 5. The minimum Gasteiger partial charge on any atom is -0.478 e. The highest BCUT2D eigenvalue weighted by molar-refractivity contribution is 8.00. The van der Waals surface area contributed by atoms with Crippen molar-refractivity contribution in [3.63, 3.8) is 0 Å². The molecule has 1 aromatic carbocycles. The van der Waals surface area contributed by atoms with E-state index >= 15 is 0 Å². The molecule has 5 heteroatoms. The maximum atomic E-state index is 10.9. The van der Waals surface area contributed by atoms with Gasteiger partial charge >= 0.3 is 5.97 Å². The molecule has 1 aliphatic carbocycles. The second kappa shape index (κ2) is 6.39. The molecule has 1 aliphatic rings. The fraction of sp³-hybridized carbons (Fsp3) is 0.533. The van der Waals surface area contributed by atoms with Crippen LogP contribution in [0.3, 0.4) is 0 Å². The van der Waals surface area contributed by atoms with Crippen molar-refractivity contribution < 1.29 is 9.90 Å². The summed E-state index contributed by atoms with van der Waals surface area (Å²) in [4.78, 5) is 10.9. The van der Waals surface area contributed by atoms with Gasteiger partial charge in [0.2, 0.25) is 0 Å². The van der Waals surface area contributed by atoms with Crippen LogP contribution in [0.15, 0.2) is 18.2 Å². The van der Waals surface area contributed by atoms with Crippen molar-refractivity contribution in [2.24, 2.45) is 0 Å². The van der Waals surface area contributed by atoms with Crippen LogP contribution in [0, 0.1) is 0 Å². The Balaban J connectivity index is 2.04. The Kier molecular flexibility index (Phi) is 4.81. The Morgan fingerprint density at radius 2 is 2.10 bits per heavy atom. The fourth-order valence-electron chi connectivity index (χ4n) is 2.76. The second-order valence-electron chi connectivity index (χ2n) is 5.41. The maximum Gasteiger partial charge on any atom is 0.335 e. The Morgan fingerprint density at radius 1 is 1.40 bits per heavy atom. The van der Waals surface area contributed by atoms with Gasteiger partial charge in [0.05, 0.1) is 16.9 Å². The summed E-state index contributed by atoms with van der Waals surface area (Å²) in [6.07, 6.45) is 8.54. The number of anilines is 2. The molecule has 0 amide bonds. The Labute approximate surface area is 124 Å². The van der Waals surface area contributed by atoms with Crippen molar-refractivity contribution in [3.05, 3.63) is 23.8 Å². The number of benzene rings is 1. The van der Waals surface area contributed by atoms with Crippen LogP contribution < -0.4 is 11.1 Å². The lowest BCUT2D eigenvalue weighted by Gasteiger charge is -2.36. The summed E-state index contributed by atoms with van der Waals surface area (Å²) >= 11 is 1.93.